The second-order valence-corrected chi connectivity index (χ2v) is 7.60. The number of carbonyl (C=O) groups excluding carboxylic acids is 1. The molecule has 0 aromatic carbocycles. The molecule has 21 heavy (non-hydrogen) atoms. The number of carboxylic acids is 1. The van der Waals surface area contributed by atoms with E-state index in [1.165, 1.54) is 11.3 Å². The van der Waals surface area contributed by atoms with Crippen LogP contribution >= 0.6 is 34.5 Å². The molecule has 2 N–H and O–H groups in total. The van der Waals surface area contributed by atoms with Gasteiger partial charge in [-0.2, -0.15) is 0 Å². The molecule has 1 fully saturated rings. The monoisotopic (exact) mass is 349 g/mol. The molecule has 1 aromatic rings. The Bertz CT molecular complexity index is 532. The number of amides is 1. The van der Waals surface area contributed by atoms with Crippen molar-refractivity contribution in [1.82, 2.24) is 5.32 Å². The van der Waals surface area contributed by atoms with Crippen LogP contribution in [-0.2, 0) is 16.0 Å². The topological polar surface area (TPSA) is 66.4 Å². The summed E-state index contributed by atoms with van der Waals surface area (Å²) in [5.74, 6) is -1.11. The maximum Gasteiger partial charge on any atom is 0.306 e. The zero-order valence-electron chi connectivity index (χ0n) is 11.4. The summed E-state index contributed by atoms with van der Waals surface area (Å²) in [6.45, 7) is 0. The van der Waals surface area contributed by atoms with Crippen LogP contribution in [0.2, 0.25) is 8.67 Å². The molecule has 4 nitrogen and oxygen atoms in total. The number of hydrogen-bond acceptors (Lipinski definition) is 3. The lowest BCUT2D eigenvalue weighted by molar-refractivity contribution is -0.141. The fourth-order valence-electron chi connectivity index (χ4n) is 2.62. The first-order chi connectivity index (χ1) is 9.95. The third-order valence-corrected chi connectivity index (χ3v) is 5.29. The van der Waals surface area contributed by atoms with Gasteiger partial charge in [0.2, 0.25) is 5.91 Å². The fourth-order valence-corrected chi connectivity index (χ4v) is 4.17. The Morgan fingerprint density at radius 2 is 2.14 bits per heavy atom. The number of carboxylic acid groups (broad SMARTS) is 1. The lowest BCUT2D eigenvalue weighted by Gasteiger charge is -2.12. The summed E-state index contributed by atoms with van der Waals surface area (Å²) in [5.41, 5.74) is 0.978. The van der Waals surface area contributed by atoms with Crippen LogP contribution in [0.4, 0.5) is 0 Å². The lowest BCUT2D eigenvalue weighted by Crippen LogP contribution is -2.33. The first-order valence-electron chi connectivity index (χ1n) is 6.91. The molecular formula is C14H17Cl2NO3S. The second-order valence-electron chi connectivity index (χ2n) is 5.32. The van der Waals surface area contributed by atoms with Crippen LogP contribution < -0.4 is 5.32 Å². The van der Waals surface area contributed by atoms with Gasteiger partial charge in [0.25, 0.3) is 0 Å². The summed E-state index contributed by atoms with van der Waals surface area (Å²) in [6, 6.07) is 1.83. The Balaban J connectivity index is 1.69. The van der Waals surface area contributed by atoms with Gasteiger partial charge in [0.05, 0.1) is 14.6 Å². The molecule has 1 aliphatic carbocycles. The van der Waals surface area contributed by atoms with Gasteiger partial charge in [-0.15, -0.1) is 11.3 Å². The Labute approximate surface area is 137 Å². The maximum absolute atomic E-state index is 11.8. The molecule has 0 radical (unpaired) electrons. The third kappa shape index (κ3) is 4.87. The van der Waals surface area contributed by atoms with E-state index in [9.17, 15) is 9.59 Å². The zero-order chi connectivity index (χ0) is 15.4. The molecule has 1 heterocycles. The van der Waals surface area contributed by atoms with Gasteiger partial charge in [-0.3, -0.25) is 9.59 Å². The van der Waals surface area contributed by atoms with Crippen LogP contribution in [0, 0.1) is 5.92 Å². The number of aliphatic carboxylic acids is 1. The van der Waals surface area contributed by atoms with Crippen molar-refractivity contribution in [3.63, 3.8) is 0 Å². The molecule has 0 saturated heterocycles. The minimum Gasteiger partial charge on any atom is -0.481 e. The molecule has 1 aliphatic rings. The van der Waals surface area contributed by atoms with E-state index in [-0.39, 0.29) is 17.9 Å². The minimum absolute atomic E-state index is 0.00206. The van der Waals surface area contributed by atoms with Gasteiger partial charge in [0, 0.05) is 12.5 Å². The summed E-state index contributed by atoms with van der Waals surface area (Å²) in [4.78, 5) is 22.7. The molecule has 1 aromatic heterocycles. The van der Waals surface area contributed by atoms with Crippen LogP contribution in [-0.4, -0.2) is 23.0 Å². The lowest BCUT2D eigenvalue weighted by atomic mass is 10.1. The standard InChI is InChI=1S/C14H17Cl2NO3S/c15-11-7-8(13(16)21-11)2-1-3-12(18)17-10-5-4-9(6-10)14(19)20/h7,9-10H,1-6H2,(H,17,18)(H,19,20)/t9-,10+/m1/s1. The van der Waals surface area contributed by atoms with Crippen LogP contribution in [0.1, 0.15) is 37.7 Å². The highest BCUT2D eigenvalue weighted by Crippen LogP contribution is 2.32. The predicted molar refractivity (Wildman–Crippen MR) is 84.2 cm³/mol. The Kier molecular flexibility index (Phi) is 5.90. The molecule has 0 bridgehead atoms. The van der Waals surface area contributed by atoms with Gasteiger partial charge in [0.1, 0.15) is 0 Å². The van der Waals surface area contributed by atoms with E-state index < -0.39 is 5.97 Å². The maximum atomic E-state index is 11.8. The molecule has 0 spiro atoms. The molecule has 2 rings (SSSR count). The average molecular weight is 350 g/mol. The second kappa shape index (κ2) is 7.47. The molecule has 0 aliphatic heterocycles. The van der Waals surface area contributed by atoms with E-state index in [0.29, 0.717) is 34.4 Å². The number of nitrogens with one attached hydrogen (secondary N) is 1. The predicted octanol–water partition coefficient (Wildman–Crippen LogP) is 3.75. The molecule has 2 atom stereocenters. The van der Waals surface area contributed by atoms with Gasteiger partial charge < -0.3 is 10.4 Å². The van der Waals surface area contributed by atoms with E-state index in [0.717, 1.165) is 18.4 Å². The molecule has 1 amide bonds. The van der Waals surface area contributed by atoms with Gasteiger partial charge in [-0.1, -0.05) is 23.2 Å². The average Bonchev–Trinajstić information content (AvgIpc) is 2.97. The van der Waals surface area contributed by atoms with Crippen molar-refractivity contribution < 1.29 is 14.7 Å². The highest BCUT2D eigenvalue weighted by atomic mass is 35.5. The number of halogens is 2. The van der Waals surface area contributed by atoms with Gasteiger partial charge in [-0.05, 0) is 43.7 Å². The number of thiophene rings is 1. The fraction of sp³-hybridized carbons (Fsp3) is 0.571. The Hall–Kier alpha value is -0.780. The van der Waals surface area contributed by atoms with Gasteiger partial charge >= 0.3 is 5.97 Å². The van der Waals surface area contributed by atoms with Gasteiger partial charge in [0.15, 0.2) is 0 Å². The van der Waals surface area contributed by atoms with E-state index in [1.807, 2.05) is 6.07 Å². The Morgan fingerprint density at radius 3 is 2.71 bits per heavy atom. The largest absolute Gasteiger partial charge is 0.481 e. The quantitative estimate of drug-likeness (QED) is 0.821. The van der Waals surface area contributed by atoms with Crippen LogP contribution in [0.3, 0.4) is 0 Å². The van der Waals surface area contributed by atoms with E-state index in [2.05, 4.69) is 5.32 Å². The van der Waals surface area contributed by atoms with Crippen molar-refractivity contribution in [3.05, 3.63) is 20.3 Å². The number of aryl methyl sites for hydroxylation is 1. The summed E-state index contributed by atoms with van der Waals surface area (Å²) in [6.07, 6.45) is 3.76. The third-order valence-electron chi connectivity index (χ3n) is 3.72. The molecule has 116 valence electrons. The summed E-state index contributed by atoms with van der Waals surface area (Å²) in [7, 11) is 0. The first-order valence-corrected chi connectivity index (χ1v) is 8.49. The van der Waals surface area contributed by atoms with Crippen molar-refractivity contribution in [2.75, 3.05) is 0 Å². The first kappa shape index (κ1) is 16.6. The van der Waals surface area contributed by atoms with E-state index in [1.54, 1.807) is 0 Å². The highest BCUT2D eigenvalue weighted by Gasteiger charge is 2.30. The summed E-state index contributed by atoms with van der Waals surface area (Å²) in [5, 5.41) is 11.8. The zero-order valence-corrected chi connectivity index (χ0v) is 13.7. The number of rotatable bonds is 6. The van der Waals surface area contributed by atoms with E-state index >= 15 is 0 Å². The van der Waals surface area contributed by atoms with Crippen molar-refractivity contribution >= 4 is 46.4 Å². The van der Waals surface area contributed by atoms with E-state index in [4.69, 9.17) is 28.3 Å². The Morgan fingerprint density at radius 1 is 1.38 bits per heavy atom. The SMILES string of the molecule is O=C(CCCc1cc(Cl)sc1Cl)N[C@H]1CC[C@@H](C(=O)O)C1. The minimum atomic E-state index is -0.768. The van der Waals surface area contributed by atoms with Crippen molar-refractivity contribution in [1.29, 1.82) is 0 Å². The normalized spacial score (nSPS) is 21.4. The highest BCUT2D eigenvalue weighted by molar-refractivity contribution is 7.20. The van der Waals surface area contributed by atoms with Crippen molar-refractivity contribution in [3.8, 4) is 0 Å². The number of carbonyl (C=O) groups is 2. The summed E-state index contributed by atoms with van der Waals surface area (Å²) < 4.78 is 1.34. The molecule has 1 saturated carbocycles. The van der Waals surface area contributed by atoms with Crippen LogP contribution in [0.5, 0.6) is 0 Å². The van der Waals surface area contributed by atoms with Crippen molar-refractivity contribution in [2.45, 2.75) is 44.6 Å². The number of hydrogen-bond donors (Lipinski definition) is 2. The summed E-state index contributed by atoms with van der Waals surface area (Å²) >= 11 is 13.2. The van der Waals surface area contributed by atoms with Gasteiger partial charge in [-0.25, -0.2) is 0 Å². The van der Waals surface area contributed by atoms with Crippen LogP contribution in [0.15, 0.2) is 6.07 Å². The van der Waals surface area contributed by atoms with Crippen LogP contribution in [0.25, 0.3) is 0 Å². The molecular weight excluding hydrogens is 333 g/mol. The van der Waals surface area contributed by atoms with Crippen molar-refractivity contribution in [2.24, 2.45) is 5.92 Å². The molecule has 7 heteroatoms. The smallest absolute Gasteiger partial charge is 0.306 e. The molecule has 0 unspecified atom stereocenters.